The number of aliphatic hydroxyl groups is 1. The normalized spacial score (nSPS) is 26.7. The quantitative estimate of drug-likeness (QED) is 0.899. The fourth-order valence-corrected chi connectivity index (χ4v) is 3.87. The molecule has 1 aromatic carbocycles. The Morgan fingerprint density at radius 3 is 2.74 bits per heavy atom. The first-order valence-electron chi connectivity index (χ1n) is 8.51. The van der Waals surface area contributed by atoms with Gasteiger partial charge in [-0.1, -0.05) is 6.07 Å². The van der Waals surface area contributed by atoms with E-state index in [9.17, 15) is 14.3 Å². The molecule has 2 N–H and O–H groups in total. The summed E-state index contributed by atoms with van der Waals surface area (Å²) < 4.78 is 13.3. The predicted molar refractivity (Wildman–Crippen MR) is 86.6 cm³/mol. The summed E-state index contributed by atoms with van der Waals surface area (Å²) in [5, 5.41) is 12.3. The molecule has 4 nitrogen and oxygen atoms in total. The number of hydrogen-bond acceptors (Lipinski definition) is 2. The van der Waals surface area contributed by atoms with Crippen LogP contribution in [0.4, 0.5) is 9.18 Å². The fourth-order valence-electron chi connectivity index (χ4n) is 3.87. The number of urea groups is 1. The Morgan fingerprint density at radius 2 is 2.04 bits per heavy atom. The molecule has 2 amide bonds. The second-order valence-electron chi connectivity index (χ2n) is 6.85. The Kier molecular flexibility index (Phi) is 4.85. The van der Waals surface area contributed by atoms with E-state index in [4.69, 9.17) is 0 Å². The smallest absolute Gasteiger partial charge is 0.317 e. The number of halogens is 1. The molecule has 0 bridgehead atoms. The summed E-state index contributed by atoms with van der Waals surface area (Å²) in [6.45, 7) is 0.248. The van der Waals surface area contributed by atoms with Crippen LogP contribution in [0.15, 0.2) is 18.2 Å². The van der Waals surface area contributed by atoms with Crippen molar-refractivity contribution in [2.45, 2.75) is 50.6 Å². The maximum absolute atomic E-state index is 13.3. The molecule has 1 aromatic rings. The highest BCUT2D eigenvalue weighted by atomic mass is 19.1. The predicted octanol–water partition coefficient (Wildman–Crippen LogP) is 3.01. The highest BCUT2D eigenvalue weighted by molar-refractivity contribution is 5.75. The molecule has 0 aromatic heterocycles. The van der Waals surface area contributed by atoms with Gasteiger partial charge in [0.1, 0.15) is 5.82 Å². The molecule has 1 saturated carbocycles. The standard InChI is InChI=1S/C18H25FN2O2/c1-21(15-6-2-12(11-22)3-7-15)18(23)20-17-9-4-13-10-14(19)5-8-16(13)17/h5,8,10,12,15,17,22H,2-4,6-7,9,11H2,1H3,(H,20,23). The molecule has 1 atom stereocenters. The lowest BCUT2D eigenvalue weighted by molar-refractivity contribution is 0.132. The minimum Gasteiger partial charge on any atom is -0.396 e. The van der Waals surface area contributed by atoms with Crippen LogP contribution in [0, 0.1) is 11.7 Å². The number of carbonyl (C=O) groups excluding carboxylic acids is 1. The van der Waals surface area contributed by atoms with Gasteiger partial charge in [-0.05, 0) is 67.7 Å². The third kappa shape index (κ3) is 3.50. The van der Waals surface area contributed by atoms with Gasteiger partial charge >= 0.3 is 6.03 Å². The fraction of sp³-hybridized carbons (Fsp3) is 0.611. The maximum atomic E-state index is 13.3. The van der Waals surface area contributed by atoms with Gasteiger partial charge in [-0.3, -0.25) is 0 Å². The molecule has 0 heterocycles. The minimum atomic E-state index is -0.214. The van der Waals surface area contributed by atoms with Crippen molar-refractivity contribution in [3.63, 3.8) is 0 Å². The van der Waals surface area contributed by atoms with Gasteiger partial charge < -0.3 is 15.3 Å². The van der Waals surface area contributed by atoms with E-state index in [2.05, 4.69) is 5.32 Å². The van der Waals surface area contributed by atoms with Crippen molar-refractivity contribution in [1.82, 2.24) is 10.2 Å². The molecule has 0 saturated heterocycles. The zero-order valence-electron chi connectivity index (χ0n) is 13.6. The number of hydrogen-bond donors (Lipinski definition) is 2. The van der Waals surface area contributed by atoms with Gasteiger partial charge in [0.2, 0.25) is 0 Å². The van der Waals surface area contributed by atoms with Crippen molar-refractivity contribution < 1.29 is 14.3 Å². The monoisotopic (exact) mass is 320 g/mol. The lowest BCUT2D eigenvalue weighted by Gasteiger charge is -2.34. The molecule has 0 radical (unpaired) electrons. The van der Waals surface area contributed by atoms with Crippen molar-refractivity contribution in [2.24, 2.45) is 5.92 Å². The molecular formula is C18H25FN2O2. The molecule has 2 aliphatic rings. The third-order valence-electron chi connectivity index (χ3n) is 5.42. The molecule has 1 fully saturated rings. The van der Waals surface area contributed by atoms with Crippen LogP contribution in [0.3, 0.4) is 0 Å². The highest BCUT2D eigenvalue weighted by Crippen LogP contribution is 2.32. The molecule has 0 spiro atoms. The molecule has 23 heavy (non-hydrogen) atoms. The summed E-state index contributed by atoms with van der Waals surface area (Å²) in [5.41, 5.74) is 2.04. The number of aliphatic hydroxyl groups excluding tert-OH is 1. The van der Waals surface area contributed by atoms with Crippen LogP contribution < -0.4 is 5.32 Å². The SMILES string of the molecule is CN(C(=O)NC1CCc2cc(F)ccc21)C1CCC(CO)CC1. The van der Waals surface area contributed by atoms with E-state index >= 15 is 0 Å². The Balaban J connectivity index is 1.58. The van der Waals surface area contributed by atoms with Gasteiger partial charge in [0.05, 0.1) is 6.04 Å². The van der Waals surface area contributed by atoms with E-state index in [0.29, 0.717) is 5.92 Å². The first kappa shape index (κ1) is 16.2. The molecule has 0 aliphatic heterocycles. The van der Waals surface area contributed by atoms with E-state index in [1.807, 2.05) is 7.05 Å². The van der Waals surface area contributed by atoms with Gasteiger partial charge in [0.25, 0.3) is 0 Å². The van der Waals surface area contributed by atoms with Gasteiger partial charge in [0, 0.05) is 19.7 Å². The molecule has 3 rings (SSSR count). The highest BCUT2D eigenvalue weighted by Gasteiger charge is 2.29. The Bertz CT molecular complexity index is 570. The molecular weight excluding hydrogens is 295 g/mol. The van der Waals surface area contributed by atoms with Crippen LogP contribution in [0.5, 0.6) is 0 Å². The van der Waals surface area contributed by atoms with Crippen LogP contribution >= 0.6 is 0 Å². The number of nitrogens with one attached hydrogen (secondary N) is 1. The second kappa shape index (κ2) is 6.87. The maximum Gasteiger partial charge on any atom is 0.317 e. The Hall–Kier alpha value is -1.62. The zero-order chi connectivity index (χ0) is 16.4. The lowest BCUT2D eigenvalue weighted by atomic mass is 9.86. The van der Waals surface area contributed by atoms with E-state index in [-0.39, 0.29) is 30.5 Å². The number of fused-ring (bicyclic) bond motifs is 1. The molecule has 2 aliphatic carbocycles. The van der Waals surface area contributed by atoms with E-state index in [1.165, 1.54) is 6.07 Å². The topological polar surface area (TPSA) is 52.6 Å². The number of carbonyl (C=O) groups is 1. The summed E-state index contributed by atoms with van der Waals surface area (Å²) >= 11 is 0. The first-order valence-corrected chi connectivity index (χ1v) is 8.51. The largest absolute Gasteiger partial charge is 0.396 e. The van der Waals surface area contributed by atoms with E-state index in [1.54, 1.807) is 17.0 Å². The van der Waals surface area contributed by atoms with Gasteiger partial charge in [-0.15, -0.1) is 0 Å². The van der Waals surface area contributed by atoms with E-state index in [0.717, 1.165) is 49.7 Å². The average molecular weight is 320 g/mol. The molecule has 126 valence electrons. The molecule has 5 heteroatoms. The summed E-state index contributed by atoms with van der Waals surface area (Å²) in [4.78, 5) is 14.3. The van der Waals surface area contributed by atoms with E-state index < -0.39 is 0 Å². The van der Waals surface area contributed by atoms with Crippen molar-refractivity contribution in [2.75, 3.05) is 13.7 Å². The minimum absolute atomic E-state index is 0.0191. The van der Waals surface area contributed by atoms with Crippen LogP contribution in [0.25, 0.3) is 0 Å². The number of aryl methyl sites for hydroxylation is 1. The first-order chi connectivity index (χ1) is 11.1. The van der Waals surface area contributed by atoms with Crippen LogP contribution in [-0.4, -0.2) is 35.7 Å². The lowest BCUT2D eigenvalue weighted by Crippen LogP contribution is -2.46. The summed E-state index contributed by atoms with van der Waals surface area (Å²) in [6.07, 6.45) is 5.48. The number of nitrogens with zero attached hydrogens (tertiary/aromatic N) is 1. The number of amides is 2. The van der Waals surface area contributed by atoms with Crippen molar-refractivity contribution in [1.29, 1.82) is 0 Å². The summed E-state index contributed by atoms with van der Waals surface area (Å²) in [6, 6.07) is 4.99. The number of rotatable bonds is 3. The zero-order valence-corrected chi connectivity index (χ0v) is 13.6. The van der Waals surface area contributed by atoms with Crippen LogP contribution in [0.2, 0.25) is 0 Å². The summed E-state index contributed by atoms with van der Waals surface area (Å²) in [7, 11) is 1.85. The van der Waals surface area contributed by atoms with Crippen molar-refractivity contribution in [3.8, 4) is 0 Å². The van der Waals surface area contributed by atoms with Crippen molar-refractivity contribution in [3.05, 3.63) is 35.1 Å². The number of benzene rings is 1. The van der Waals surface area contributed by atoms with Crippen LogP contribution in [0.1, 0.15) is 49.3 Å². The van der Waals surface area contributed by atoms with Gasteiger partial charge in [-0.2, -0.15) is 0 Å². The molecule has 1 unspecified atom stereocenters. The Morgan fingerprint density at radius 1 is 1.30 bits per heavy atom. The average Bonchev–Trinajstić information content (AvgIpc) is 2.96. The second-order valence-corrected chi connectivity index (χ2v) is 6.85. The van der Waals surface area contributed by atoms with Gasteiger partial charge in [-0.25, -0.2) is 9.18 Å². The van der Waals surface area contributed by atoms with Crippen molar-refractivity contribution >= 4 is 6.03 Å². The van der Waals surface area contributed by atoms with Gasteiger partial charge in [0.15, 0.2) is 0 Å². The Labute approximate surface area is 136 Å². The third-order valence-corrected chi connectivity index (χ3v) is 5.42. The van der Waals surface area contributed by atoms with Crippen LogP contribution in [-0.2, 0) is 6.42 Å². The summed E-state index contributed by atoms with van der Waals surface area (Å²) in [5.74, 6) is 0.174.